The number of hydrogen-bond donors (Lipinski definition) is 1. The summed E-state index contributed by atoms with van der Waals surface area (Å²) >= 11 is 0. The molecule has 1 aromatic heterocycles. The van der Waals surface area contributed by atoms with Gasteiger partial charge in [0.2, 0.25) is 5.91 Å². The number of ether oxygens (including phenoxy) is 2. The van der Waals surface area contributed by atoms with Crippen molar-refractivity contribution in [2.24, 2.45) is 13.0 Å². The number of methoxy groups -OCH3 is 1. The van der Waals surface area contributed by atoms with Crippen LogP contribution in [0.5, 0.6) is 11.5 Å². The molecule has 0 fully saturated rings. The Morgan fingerprint density at radius 2 is 1.97 bits per heavy atom. The van der Waals surface area contributed by atoms with Crippen LogP contribution < -0.4 is 20.3 Å². The van der Waals surface area contributed by atoms with Gasteiger partial charge in [-0.05, 0) is 49.2 Å². The second kappa shape index (κ2) is 7.50. The molecule has 1 atom stereocenters. The summed E-state index contributed by atoms with van der Waals surface area (Å²) in [5, 5.41) is 2.83. The van der Waals surface area contributed by atoms with Crippen LogP contribution in [0.4, 0.5) is 5.69 Å². The van der Waals surface area contributed by atoms with E-state index in [2.05, 4.69) is 5.32 Å². The number of rotatable bonds is 4. The molecule has 1 amide bonds. The summed E-state index contributed by atoms with van der Waals surface area (Å²) in [6.07, 6.45) is 0.525. The molecule has 0 bridgehead atoms. The SMILES string of the molecule is COc1ccc2c(c1)C[C@H](C(=O)Nc1c(C)n(C)n(-c3ccccc3)c1=O)CO2. The molecule has 0 saturated heterocycles. The fraction of sp³-hybridized carbons (Fsp3) is 0.273. The van der Waals surface area contributed by atoms with Crippen molar-refractivity contribution in [3.8, 4) is 17.2 Å². The first-order valence-corrected chi connectivity index (χ1v) is 9.44. The number of carbonyl (C=O) groups is 1. The highest BCUT2D eigenvalue weighted by Crippen LogP contribution is 2.31. The van der Waals surface area contributed by atoms with Crippen LogP contribution in [0.3, 0.4) is 0 Å². The topological polar surface area (TPSA) is 74.5 Å². The first kappa shape index (κ1) is 18.9. The fourth-order valence-electron chi connectivity index (χ4n) is 3.60. The van der Waals surface area contributed by atoms with Gasteiger partial charge < -0.3 is 14.8 Å². The summed E-state index contributed by atoms with van der Waals surface area (Å²) in [7, 11) is 3.40. The van der Waals surface area contributed by atoms with E-state index in [4.69, 9.17) is 9.47 Å². The van der Waals surface area contributed by atoms with Crippen LogP contribution in [-0.4, -0.2) is 29.0 Å². The lowest BCUT2D eigenvalue weighted by Gasteiger charge is -2.24. The van der Waals surface area contributed by atoms with E-state index in [1.54, 1.807) is 23.5 Å². The van der Waals surface area contributed by atoms with Crippen LogP contribution in [0, 0.1) is 12.8 Å². The Labute approximate surface area is 168 Å². The molecule has 0 spiro atoms. The molecule has 7 nitrogen and oxygen atoms in total. The van der Waals surface area contributed by atoms with Gasteiger partial charge in [0.15, 0.2) is 0 Å². The van der Waals surface area contributed by atoms with Crippen molar-refractivity contribution in [2.75, 3.05) is 19.0 Å². The lowest BCUT2D eigenvalue weighted by molar-refractivity contribution is -0.121. The zero-order valence-electron chi connectivity index (χ0n) is 16.6. The molecule has 29 heavy (non-hydrogen) atoms. The van der Waals surface area contributed by atoms with Gasteiger partial charge in [-0.25, -0.2) is 4.68 Å². The van der Waals surface area contributed by atoms with Crippen LogP contribution in [0.15, 0.2) is 53.3 Å². The van der Waals surface area contributed by atoms with Crippen molar-refractivity contribution in [3.63, 3.8) is 0 Å². The van der Waals surface area contributed by atoms with E-state index < -0.39 is 5.92 Å². The monoisotopic (exact) mass is 393 g/mol. The maximum absolute atomic E-state index is 13.0. The first-order valence-electron chi connectivity index (χ1n) is 9.44. The van der Waals surface area contributed by atoms with Crippen molar-refractivity contribution in [3.05, 3.63) is 70.1 Å². The van der Waals surface area contributed by atoms with Crippen molar-refractivity contribution in [1.82, 2.24) is 9.36 Å². The van der Waals surface area contributed by atoms with Gasteiger partial charge in [0.1, 0.15) is 23.8 Å². The van der Waals surface area contributed by atoms with E-state index in [1.807, 2.05) is 55.5 Å². The minimum absolute atomic E-state index is 0.232. The van der Waals surface area contributed by atoms with Gasteiger partial charge in [0.05, 0.1) is 24.4 Å². The standard InChI is InChI=1S/C22H23N3O4/c1-14-20(22(27)25(24(14)2)17-7-5-4-6-8-17)23-21(26)16-11-15-12-18(28-3)9-10-19(15)29-13-16/h4-10,12,16H,11,13H2,1-3H3,(H,23,26)/t16-/m0/s1. The second-order valence-corrected chi connectivity index (χ2v) is 7.11. The number of anilines is 1. The number of aromatic nitrogens is 2. The van der Waals surface area contributed by atoms with Gasteiger partial charge in [-0.3, -0.25) is 14.3 Å². The predicted molar refractivity (Wildman–Crippen MR) is 110 cm³/mol. The number of benzene rings is 2. The van der Waals surface area contributed by atoms with Gasteiger partial charge in [-0.2, -0.15) is 0 Å². The molecule has 1 aliphatic rings. The Bertz CT molecular complexity index is 1120. The molecule has 1 aliphatic heterocycles. The third kappa shape index (κ3) is 3.40. The summed E-state index contributed by atoms with van der Waals surface area (Å²) in [5.41, 5.74) is 2.37. The van der Waals surface area contributed by atoms with Gasteiger partial charge in [-0.1, -0.05) is 18.2 Å². The van der Waals surface area contributed by atoms with Crippen molar-refractivity contribution in [2.45, 2.75) is 13.3 Å². The van der Waals surface area contributed by atoms with E-state index >= 15 is 0 Å². The molecular weight excluding hydrogens is 370 g/mol. The molecule has 4 rings (SSSR count). The summed E-state index contributed by atoms with van der Waals surface area (Å²) in [5.74, 6) is 0.860. The summed E-state index contributed by atoms with van der Waals surface area (Å²) < 4.78 is 14.3. The van der Waals surface area contributed by atoms with Crippen LogP contribution in [-0.2, 0) is 18.3 Å². The smallest absolute Gasteiger partial charge is 0.295 e. The van der Waals surface area contributed by atoms with Gasteiger partial charge >= 0.3 is 0 Å². The number of nitrogens with one attached hydrogen (secondary N) is 1. The molecule has 2 heterocycles. The van der Waals surface area contributed by atoms with E-state index in [1.165, 1.54) is 0 Å². The van der Waals surface area contributed by atoms with Crippen LogP contribution in [0.25, 0.3) is 5.69 Å². The Balaban J connectivity index is 1.59. The van der Waals surface area contributed by atoms with E-state index in [0.717, 1.165) is 22.7 Å². The van der Waals surface area contributed by atoms with Crippen LogP contribution in [0.1, 0.15) is 11.3 Å². The van der Waals surface area contributed by atoms with Crippen LogP contribution >= 0.6 is 0 Å². The summed E-state index contributed by atoms with van der Waals surface area (Å²) in [4.78, 5) is 25.9. The number of para-hydroxylation sites is 1. The third-order valence-electron chi connectivity index (χ3n) is 5.35. The normalized spacial score (nSPS) is 15.3. The molecule has 0 unspecified atom stereocenters. The second-order valence-electron chi connectivity index (χ2n) is 7.11. The highest BCUT2D eigenvalue weighted by Gasteiger charge is 2.28. The highest BCUT2D eigenvalue weighted by atomic mass is 16.5. The zero-order chi connectivity index (χ0) is 20.5. The number of carbonyl (C=O) groups excluding carboxylic acids is 1. The molecule has 7 heteroatoms. The van der Waals surface area contributed by atoms with E-state index in [-0.39, 0.29) is 23.8 Å². The minimum Gasteiger partial charge on any atom is -0.497 e. The molecule has 3 aromatic rings. The number of hydrogen-bond acceptors (Lipinski definition) is 4. The molecule has 150 valence electrons. The largest absolute Gasteiger partial charge is 0.497 e. The highest BCUT2D eigenvalue weighted by molar-refractivity contribution is 5.93. The average Bonchev–Trinajstić information content (AvgIpc) is 2.96. The lowest BCUT2D eigenvalue weighted by Crippen LogP contribution is -2.34. The average molecular weight is 393 g/mol. The summed E-state index contributed by atoms with van der Waals surface area (Å²) in [6.45, 7) is 2.08. The molecule has 1 N–H and O–H groups in total. The molecule has 0 saturated carbocycles. The van der Waals surface area contributed by atoms with E-state index in [9.17, 15) is 9.59 Å². The molecule has 0 aliphatic carbocycles. The van der Waals surface area contributed by atoms with Crippen molar-refractivity contribution >= 4 is 11.6 Å². The van der Waals surface area contributed by atoms with Gasteiger partial charge in [0, 0.05) is 7.05 Å². The Morgan fingerprint density at radius 1 is 1.21 bits per heavy atom. The summed E-state index contributed by atoms with van der Waals surface area (Å²) in [6, 6.07) is 14.9. The molecular formula is C22H23N3O4. The minimum atomic E-state index is -0.390. The zero-order valence-corrected chi connectivity index (χ0v) is 16.6. The maximum atomic E-state index is 13.0. The van der Waals surface area contributed by atoms with Crippen molar-refractivity contribution in [1.29, 1.82) is 0 Å². The van der Waals surface area contributed by atoms with Gasteiger partial charge in [-0.15, -0.1) is 0 Å². The third-order valence-corrected chi connectivity index (χ3v) is 5.35. The Hall–Kier alpha value is -3.48. The lowest BCUT2D eigenvalue weighted by atomic mass is 9.95. The Morgan fingerprint density at radius 3 is 2.69 bits per heavy atom. The number of fused-ring (bicyclic) bond motifs is 1. The van der Waals surface area contributed by atoms with Gasteiger partial charge in [0.25, 0.3) is 5.56 Å². The predicted octanol–water partition coefficient (Wildman–Crippen LogP) is 2.68. The van der Waals surface area contributed by atoms with Crippen LogP contribution in [0.2, 0.25) is 0 Å². The van der Waals surface area contributed by atoms with Crippen molar-refractivity contribution < 1.29 is 14.3 Å². The van der Waals surface area contributed by atoms with E-state index in [0.29, 0.717) is 12.1 Å². The molecule has 0 radical (unpaired) electrons. The number of nitrogens with zero attached hydrogens (tertiary/aromatic N) is 2. The quantitative estimate of drug-likeness (QED) is 0.740. The Kier molecular flexibility index (Phi) is 4.88. The first-order chi connectivity index (χ1) is 14.0. The number of amides is 1. The fourth-order valence-corrected chi connectivity index (χ4v) is 3.60. The molecule has 2 aromatic carbocycles. The maximum Gasteiger partial charge on any atom is 0.295 e.